The lowest BCUT2D eigenvalue weighted by Gasteiger charge is -2.01. The average Bonchev–Trinajstić information content (AvgIpc) is 2.44. The zero-order chi connectivity index (χ0) is 14.4. The van der Waals surface area contributed by atoms with Gasteiger partial charge in [-0.2, -0.15) is 4.39 Å². The molecular weight excluding hydrogens is 259 g/mol. The van der Waals surface area contributed by atoms with Gasteiger partial charge in [-0.25, -0.2) is 9.78 Å². The maximum atomic E-state index is 12.9. The molecule has 20 heavy (non-hydrogen) atoms. The Kier molecular flexibility index (Phi) is 4.44. The van der Waals surface area contributed by atoms with Gasteiger partial charge in [-0.3, -0.25) is 0 Å². The molecule has 0 fully saturated rings. The third-order valence-corrected chi connectivity index (χ3v) is 2.61. The van der Waals surface area contributed by atoms with Crippen LogP contribution in [0.25, 0.3) is 12.2 Å². The lowest BCUT2D eigenvalue weighted by molar-refractivity contribution is 0.194. The number of hydrogen-bond acceptors (Lipinski definition) is 2. The second kappa shape index (κ2) is 6.47. The Morgan fingerprint density at radius 2 is 1.95 bits per heavy atom. The minimum Gasteiger partial charge on any atom is -0.465 e. The van der Waals surface area contributed by atoms with E-state index in [1.54, 1.807) is 18.2 Å². The van der Waals surface area contributed by atoms with E-state index in [0.717, 1.165) is 11.1 Å². The van der Waals surface area contributed by atoms with Gasteiger partial charge in [0.2, 0.25) is 5.95 Å². The summed E-state index contributed by atoms with van der Waals surface area (Å²) in [6.45, 7) is 0.269. The Labute approximate surface area is 115 Å². The summed E-state index contributed by atoms with van der Waals surface area (Å²) in [5.41, 5.74) is 2.34. The zero-order valence-corrected chi connectivity index (χ0v) is 10.6. The van der Waals surface area contributed by atoms with E-state index in [0.29, 0.717) is 5.69 Å². The fraction of sp³-hybridized carbons (Fsp3) is 0.0667. The molecule has 4 nitrogen and oxygen atoms in total. The Morgan fingerprint density at radius 3 is 2.60 bits per heavy atom. The number of pyridine rings is 1. The number of hydrogen-bond donors (Lipinski definition) is 2. The van der Waals surface area contributed by atoms with Crippen LogP contribution in [0.2, 0.25) is 0 Å². The molecule has 0 aliphatic carbocycles. The third-order valence-electron chi connectivity index (χ3n) is 2.61. The smallest absolute Gasteiger partial charge is 0.404 e. The monoisotopic (exact) mass is 272 g/mol. The molecule has 1 heterocycles. The summed E-state index contributed by atoms with van der Waals surface area (Å²) in [7, 11) is 0. The van der Waals surface area contributed by atoms with Gasteiger partial charge in [-0.15, -0.1) is 0 Å². The number of aromatic nitrogens is 1. The van der Waals surface area contributed by atoms with Gasteiger partial charge in [0.25, 0.3) is 0 Å². The van der Waals surface area contributed by atoms with Crippen molar-refractivity contribution in [3.63, 3.8) is 0 Å². The van der Waals surface area contributed by atoms with Crippen molar-refractivity contribution in [2.24, 2.45) is 0 Å². The van der Waals surface area contributed by atoms with Crippen LogP contribution in [-0.4, -0.2) is 16.2 Å². The van der Waals surface area contributed by atoms with Gasteiger partial charge >= 0.3 is 6.09 Å². The van der Waals surface area contributed by atoms with E-state index < -0.39 is 12.0 Å². The molecule has 0 bridgehead atoms. The van der Waals surface area contributed by atoms with Crippen molar-refractivity contribution in [1.29, 1.82) is 0 Å². The first-order valence-electron chi connectivity index (χ1n) is 6.00. The normalized spacial score (nSPS) is 10.7. The van der Waals surface area contributed by atoms with Crippen molar-refractivity contribution in [2.75, 3.05) is 0 Å². The number of rotatable bonds is 4. The van der Waals surface area contributed by atoms with Gasteiger partial charge < -0.3 is 10.4 Å². The quantitative estimate of drug-likeness (QED) is 0.840. The van der Waals surface area contributed by atoms with Crippen molar-refractivity contribution in [3.05, 3.63) is 65.2 Å². The molecule has 102 valence electrons. The number of benzene rings is 1. The molecule has 0 saturated heterocycles. The molecule has 0 unspecified atom stereocenters. The predicted octanol–water partition coefficient (Wildman–Crippen LogP) is 3.16. The van der Waals surface area contributed by atoms with Crippen LogP contribution in [0.1, 0.15) is 16.8 Å². The molecule has 0 saturated carbocycles. The van der Waals surface area contributed by atoms with Crippen LogP contribution in [0, 0.1) is 5.95 Å². The topological polar surface area (TPSA) is 62.2 Å². The number of carboxylic acid groups (broad SMARTS) is 1. The van der Waals surface area contributed by atoms with E-state index in [1.807, 2.05) is 30.3 Å². The van der Waals surface area contributed by atoms with E-state index in [2.05, 4.69) is 10.3 Å². The lowest BCUT2D eigenvalue weighted by Crippen LogP contribution is -2.19. The van der Waals surface area contributed by atoms with Crippen LogP contribution in [0.4, 0.5) is 9.18 Å². The van der Waals surface area contributed by atoms with E-state index in [1.165, 1.54) is 6.07 Å². The van der Waals surface area contributed by atoms with Crippen LogP contribution in [0.15, 0.2) is 42.5 Å². The van der Waals surface area contributed by atoms with Crippen LogP contribution in [0.3, 0.4) is 0 Å². The second-order valence-corrected chi connectivity index (χ2v) is 4.12. The van der Waals surface area contributed by atoms with Crippen molar-refractivity contribution >= 4 is 18.2 Å². The fourth-order valence-corrected chi connectivity index (χ4v) is 1.62. The largest absolute Gasteiger partial charge is 0.465 e. The first-order valence-corrected chi connectivity index (χ1v) is 6.00. The van der Waals surface area contributed by atoms with Crippen LogP contribution in [0.5, 0.6) is 0 Å². The maximum absolute atomic E-state index is 12.9. The fourth-order valence-electron chi connectivity index (χ4n) is 1.62. The number of nitrogens with zero attached hydrogens (tertiary/aromatic N) is 1. The predicted molar refractivity (Wildman–Crippen MR) is 74.4 cm³/mol. The first-order chi connectivity index (χ1) is 9.63. The van der Waals surface area contributed by atoms with Crippen LogP contribution >= 0.6 is 0 Å². The Bertz CT molecular complexity index is 624. The van der Waals surface area contributed by atoms with Crippen LogP contribution < -0.4 is 5.32 Å². The minimum absolute atomic E-state index is 0.269. The molecule has 0 aliphatic rings. The van der Waals surface area contributed by atoms with Crippen molar-refractivity contribution < 1.29 is 14.3 Å². The van der Waals surface area contributed by atoms with E-state index in [9.17, 15) is 9.18 Å². The summed E-state index contributed by atoms with van der Waals surface area (Å²) >= 11 is 0. The van der Waals surface area contributed by atoms with Crippen molar-refractivity contribution in [2.45, 2.75) is 6.54 Å². The van der Waals surface area contributed by atoms with Gasteiger partial charge in [0.05, 0.1) is 5.69 Å². The molecule has 2 N–H and O–H groups in total. The second-order valence-electron chi connectivity index (χ2n) is 4.12. The van der Waals surface area contributed by atoms with Gasteiger partial charge in [0.15, 0.2) is 0 Å². The van der Waals surface area contributed by atoms with E-state index >= 15 is 0 Å². The number of amides is 1. The maximum Gasteiger partial charge on any atom is 0.404 e. The summed E-state index contributed by atoms with van der Waals surface area (Å²) in [5, 5.41) is 10.8. The molecule has 1 amide bonds. The summed E-state index contributed by atoms with van der Waals surface area (Å²) in [6, 6.07) is 12.0. The van der Waals surface area contributed by atoms with Crippen LogP contribution in [-0.2, 0) is 6.54 Å². The van der Waals surface area contributed by atoms with Gasteiger partial charge in [0.1, 0.15) is 0 Å². The summed E-state index contributed by atoms with van der Waals surface area (Å²) in [6.07, 6.45) is 2.48. The Morgan fingerprint density at radius 1 is 1.20 bits per heavy atom. The minimum atomic E-state index is -1.05. The average molecular weight is 272 g/mol. The molecule has 2 aromatic rings. The highest BCUT2D eigenvalue weighted by atomic mass is 19.1. The third kappa shape index (κ3) is 4.20. The van der Waals surface area contributed by atoms with E-state index in [4.69, 9.17) is 5.11 Å². The van der Waals surface area contributed by atoms with Gasteiger partial charge in [-0.1, -0.05) is 36.4 Å². The molecule has 0 atom stereocenters. The standard InChI is InChI=1S/C15H13FN2O2/c16-14-3-1-2-13(18-14)9-8-11-4-6-12(7-5-11)10-17-15(19)20/h1-9,17H,10H2,(H,19,20). The lowest BCUT2D eigenvalue weighted by atomic mass is 10.1. The molecule has 0 spiro atoms. The van der Waals surface area contributed by atoms with E-state index in [-0.39, 0.29) is 6.54 Å². The molecular formula is C15H13FN2O2. The zero-order valence-electron chi connectivity index (χ0n) is 10.6. The molecule has 0 aliphatic heterocycles. The molecule has 0 radical (unpaired) electrons. The number of nitrogens with one attached hydrogen (secondary N) is 1. The Balaban J connectivity index is 2.01. The summed E-state index contributed by atoms with van der Waals surface area (Å²) < 4.78 is 12.9. The number of halogens is 1. The SMILES string of the molecule is O=C(O)NCc1ccc(C=Cc2cccc(F)n2)cc1. The van der Waals surface area contributed by atoms with Crippen molar-refractivity contribution in [1.82, 2.24) is 10.3 Å². The molecule has 1 aromatic heterocycles. The molecule has 1 aromatic carbocycles. The highest BCUT2D eigenvalue weighted by molar-refractivity contribution is 5.68. The van der Waals surface area contributed by atoms with Gasteiger partial charge in [0, 0.05) is 6.54 Å². The highest BCUT2D eigenvalue weighted by Gasteiger charge is 1.96. The first kappa shape index (κ1) is 13.7. The number of carbonyl (C=O) groups is 1. The summed E-state index contributed by atoms with van der Waals surface area (Å²) in [4.78, 5) is 14.1. The summed E-state index contributed by atoms with van der Waals surface area (Å²) in [5.74, 6) is -0.512. The van der Waals surface area contributed by atoms with Crippen molar-refractivity contribution in [3.8, 4) is 0 Å². The Hall–Kier alpha value is -2.69. The highest BCUT2D eigenvalue weighted by Crippen LogP contribution is 2.09. The molecule has 5 heteroatoms. The van der Waals surface area contributed by atoms with Gasteiger partial charge in [-0.05, 0) is 29.3 Å². The molecule has 2 rings (SSSR count).